The van der Waals surface area contributed by atoms with Crippen LogP contribution in [-0.4, -0.2) is 37.7 Å². The molecule has 0 radical (unpaired) electrons. The molecule has 1 aromatic heterocycles. The first-order valence-electron chi connectivity index (χ1n) is 9.52. The van der Waals surface area contributed by atoms with Crippen LogP contribution in [-0.2, 0) is 4.79 Å². The average Bonchev–Trinajstić information content (AvgIpc) is 2.73. The Kier molecular flexibility index (Phi) is 6.90. The van der Waals surface area contributed by atoms with E-state index in [0.717, 1.165) is 36.1 Å². The van der Waals surface area contributed by atoms with Crippen LogP contribution in [0.15, 0.2) is 42.6 Å². The van der Waals surface area contributed by atoms with Crippen LogP contribution in [0.1, 0.15) is 32.1 Å². The van der Waals surface area contributed by atoms with Crippen molar-refractivity contribution in [3.8, 4) is 11.5 Å². The number of piperidine rings is 1. The molecule has 0 saturated carbocycles. The van der Waals surface area contributed by atoms with Crippen LogP contribution >= 0.6 is 0 Å². The second-order valence-electron chi connectivity index (χ2n) is 6.63. The van der Waals surface area contributed by atoms with Gasteiger partial charge in [0.15, 0.2) is 0 Å². The molecule has 1 amide bonds. The Morgan fingerprint density at radius 1 is 1.07 bits per heavy atom. The summed E-state index contributed by atoms with van der Waals surface area (Å²) in [6, 6.07) is 11.3. The number of hydrogen-bond acceptors (Lipinski definition) is 5. The summed E-state index contributed by atoms with van der Waals surface area (Å²) in [7, 11) is 1.63. The van der Waals surface area contributed by atoms with E-state index in [0.29, 0.717) is 19.4 Å². The molecular formula is C21H27N3O3. The molecular weight excluding hydrogens is 342 g/mol. The van der Waals surface area contributed by atoms with Gasteiger partial charge in [-0.15, -0.1) is 0 Å². The summed E-state index contributed by atoms with van der Waals surface area (Å²) in [6.45, 7) is 2.62. The molecule has 2 aromatic rings. The van der Waals surface area contributed by atoms with Crippen molar-refractivity contribution in [2.75, 3.05) is 37.0 Å². The summed E-state index contributed by atoms with van der Waals surface area (Å²) in [5.74, 6) is 2.52. The van der Waals surface area contributed by atoms with Gasteiger partial charge in [-0.25, -0.2) is 4.98 Å². The molecule has 1 aliphatic rings. The summed E-state index contributed by atoms with van der Waals surface area (Å²) in [5, 5.41) is 2.89. The number of methoxy groups -OCH3 is 1. The van der Waals surface area contributed by atoms with Gasteiger partial charge in [0.05, 0.1) is 25.6 Å². The Hall–Kier alpha value is -2.76. The monoisotopic (exact) mass is 369 g/mol. The zero-order valence-electron chi connectivity index (χ0n) is 15.8. The number of nitrogens with one attached hydrogen (secondary N) is 1. The van der Waals surface area contributed by atoms with Gasteiger partial charge in [0.1, 0.15) is 17.3 Å². The Labute approximate surface area is 160 Å². The van der Waals surface area contributed by atoms with Crippen molar-refractivity contribution in [2.24, 2.45) is 0 Å². The number of benzene rings is 1. The van der Waals surface area contributed by atoms with Crippen LogP contribution < -0.4 is 19.7 Å². The van der Waals surface area contributed by atoms with Gasteiger partial charge in [-0.05, 0) is 62.1 Å². The van der Waals surface area contributed by atoms with Gasteiger partial charge in [0.25, 0.3) is 0 Å². The average molecular weight is 369 g/mol. The first kappa shape index (κ1) is 19.0. The predicted octanol–water partition coefficient (Wildman–Crippen LogP) is 3.88. The molecule has 6 nitrogen and oxygen atoms in total. The minimum absolute atomic E-state index is 0.0270. The number of carbonyl (C=O) groups is 1. The highest BCUT2D eigenvalue weighted by Gasteiger charge is 2.12. The number of aromatic nitrogens is 1. The van der Waals surface area contributed by atoms with E-state index in [2.05, 4.69) is 15.2 Å². The number of anilines is 2. The SMILES string of the molecule is COc1ccc(OCCCC(=O)Nc2ccc(N3CCCCC3)nc2)cc1. The minimum Gasteiger partial charge on any atom is -0.497 e. The van der Waals surface area contributed by atoms with Crippen LogP contribution in [0.2, 0.25) is 0 Å². The number of nitrogens with zero attached hydrogens (tertiary/aromatic N) is 2. The van der Waals surface area contributed by atoms with E-state index < -0.39 is 0 Å². The fraction of sp³-hybridized carbons (Fsp3) is 0.429. The zero-order chi connectivity index (χ0) is 18.9. The highest BCUT2D eigenvalue weighted by Crippen LogP contribution is 2.19. The smallest absolute Gasteiger partial charge is 0.224 e. The molecule has 2 heterocycles. The third-order valence-corrected chi connectivity index (χ3v) is 4.59. The number of hydrogen-bond donors (Lipinski definition) is 1. The molecule has 1 aliphatic heterocycles. The molecule has 1 fully saturated rings. The molecule has 27 heavy (non-hydrogen) atoms. The molecule has 0 spiro atoms. The largest absolute Gasteiger partial charge is 0.497 e. The normalized spacial score (nSPS) is 13.9. The number of carbonyl (C=O) groups excluding carboxylic acids is 1. The molecule has 6 heteroatoms. The molecule has 0 aliphatic carbocycles. The van der Waals surface area contributed by atoms with Crippen molar-refractivity contribution in [1.82, 2.24) is 4.98 Å². The first-order valence-corrected chi connectivity index (χ1v) is 9.52. The van der Waals surface area contributed by atoms with Crippen LogP contribution in [0.5, 0.6) is 11.5 Å². The second kappa shape index (κ2) is 9.80. The van der Waals surface area contributed by atoms with Crippen LogP contribution in [0.25, 0.3) is 0 Å². The third kappa shape index (κ3) is 5.88. The lowest BCUT2D eigenvalue weighted by Crippen LogP contribution is -2.30. The van der Waals surface area contributed by atoms with E-state index >= 15 is 0 Å². The van der Waals surface area contributed by atoms with E-state index in [4.69, 9.17) is 9.47 Å². The summed E-state index contributed by atoms with van der Waals surface area (Å²) in [6.07, 6.45) is 6.53. The quantitative estimate of drug-likeness (QED) is 0.716. The van der Waals surface area contributed by atoms with Gasteiger partial charge < -0.3 is 19.7 Å². The van der Waals surface area contributed by atoms with E-state index in [1.54, 1.807) is 13.3 Å². The number of amides is 1. The third-order valence-electron chi connectivity index (χ3n) is 4.59. The highest BCUT2D eigenvalue weighted by molar-refractivity contribution is 5.90. The van der Waals surface area contributed by atoms with Crippen LogP contribution in [0.3, 0.4) is 0 Å². The van der Waals surface area contributed by atoms with Crippen molar-refractivity contribution < 1.29 is 14.3 Å². The molecule has 0 unspecified atom stereocenters. The summed E-state index contributed by atoms with van der Waals surface area (Å²) < 4.78 is 10.7. The molecule has 3 rings (SSSR count). The Balaban J connectivity index is 1.37. The fourth-order valence-corrected chi connectivity index (χ4v) is 3.09. The first-order chi connectivity index (χ1) is 13.2. The zero-order valence-corrected chi connectivity index (χ0v) is 15.8. The maximum atomic E-state index is 12.1. The maximum absolute atomic E-state index is 12.1. The van der Waals surface area contributed by atoms with E-state index in [1.165, 1.54) is 19.3 Å². The van der Waals surface area contributed by atoms with Gasteiger partial charge in [-0.1, -0.05) is 0 Å². The molecule has 1 saturated heterocycles. The lowest BCUT2D eigenvalue weighted by Gasteiger charge is -2.27. The standard InChI is InChI=1S/C21H27N3O3/c1-26-18-8-10-19(11-9-18)27-15-5-6-21(25)23-17-7-12-20(22-16-17)24-13-3-2-4-14-24/h7-12,16H,2-6,13-15H2,1H3,(H,23,25). The Morgan fingerprint density at radius 2 is 1.81 bits per heavy atom. The van der Waals surface area contributed by atoms with Crippen molar-refractivity contribution >= 4 is 17.4 Å². The topological polar surface area (TPSA) is 63.7 Å². The maximum Gasteiger partial charge on any atom is 0.224 e. The van der Waals surface area contributed by atoms with Crippen molar-refractivity contribution in [3.63, 3.8) is 0 Å². The van der Waals surface area contributed by atoms with Crippen LogP contribution in [0.4, 0.5) is 11.5 Å². The van der Waals surface area contributed by atoms with Gasteiger partial charge in [-0.2, -0.15) is 0 Å². The summed E-state index contributed by atoms with van der Waals surface area (Å²) in [5.41, 5.74) is 0.733. The molecule has 1 N–H and O–H groups in total. The fourth-order valence-electron chi connectivity index (χ4n) is 3.09. The van der Waals surface area contributed by atoms with Crippen molar-refractivity contribution in [1.29, 1.82) is 0 Å². The summed E-state index contributed by atoms with van der Waals surface area (Å²) in [4.78, 5) is 18.9. The van der Waals surface area contributed by atoms with Crippen molar-refractivity contribution in [3.05, 3.63) is 42.6 Å². The Morgan fingerprint density at radius 3 is 2.48 bits per heavy atom. The Bertz CT molecular complexity index is 710. The van der Waals surface area contributed by atoms with Gasteiger partial charge in [0, 0.05) is 19.5 Å². The van der Waals surface area contributed by atoms with E-state index in [-0.39, 0.29) is 5.91 Å². The van der Waals surface area contributed by atoms with E-state index in [9.17, 15) is 4.79 Å². The summed E-state index contributed by atoms with van der Waals surface area (Å²) >= 11 is 0. The highest BCUT2D eigenvalue weighted by atomic mass is 16.5. The molecule has 144 valence electrons. The van der Waals surface area contributed by atoms with Gasteiger partial charge >= 0.3 is 0 Å². The lowest BCUT2D eigenvalue weighted by molar-refractivity contribution is -0.116. The second-order valence-corrected chi connectivity index (χ2v) is 6.63. The number of rotatable bonds is 8. The number of pyridine rings is 1. The van der Waals surface area contributed by atoms with Crippen molar-refractivity contribution in [2.45, 2.75) is 32.1 Å². The van der Waals surface area contributed by atoms with Crippen LogP contribution in [0, 0.1) is 0 Å². The van der Waals surface area contributed by atoms with E-state index in [1.807, 2.05) is 36.4 Å². The molecule has 1 aromatic carbocycles. The number of ether oxygens (including phenoxy) is 2. The van der Waals surface area contributed by atoms with Gasteiger partial charge in [-0.3, -0.25) is 4.79 Å². The lowest BCUT2D eigenvalue weighted by atomic mass is 10.1. The van der Waals surface area contributed by atoms with Gasteiger partial charge in [0.2, 0.25) is 5.91 Å². The predicted molar refractivity (Wildman–Crippen MR) is 107 cm³/mol. The minimum atomic E-state index is -0.0270. The molecule has 0 atom stereocenters. The molecule has 0 bridgehead atoms.